The van der Waals surface area contributed by atoms with Crippen molar-refractivity contribution in [1.82, 2.24) is 0 Å². The van der Waals surface area contributed by atoms with Gasteiger partial charge in [0, 0.05) is 0 Å². The fourth-order valence-corrected chi connectivity index (χ4v) is 5.10. The van der Waals surface area contributed by atoms with Gasteiger partial charge < -0.3 is 0 Å². The smallest absolute Gasteiger partial charge is 0.187 e. The summed E-state index contributed by atoms with van der Waals surface area (Å²) in [5.41, 5.74) is 9.91. The monoisotopic (exact) mass is 499 g/mol. The van der Waals surface area contributed by atoms with E-state index in [1.165, 1.54) is 110 Å². The van der Waals surface area contributed by atoms with E-state index in [2.05, 4.69) is 84.6 Å². The maximum Gasteiger partial charge on any atom is 0.187 e. The molecule has 0 saturated heterocycles. The molecule has 0 amide bonds. The van der Waals surface area contributed by atoms with Crippen LogP contribution in [0.5, 0.6) is 0 Å². The highest BCUT2D eigenvalue weighted by molar-refractivity contribution is 5.66. The number of rotatable bonds is 14. The maximum atomic E-state index is 7.08. The second-order valence-electron chi connectivity index (χ2n) is 10.6. The van der Waals surface area contributed by atoms with Crippen molar-refractivity contribution in [3.05, 3.63) is 125 Å². The van der Waals surface area contributed by atoms with E-state index in [0.717, 1.165) is 0 Å². The lowest BCUT2D eigenvalue weighted by Crippen LogP contribution is -1.88. The molecule has 38 heavy (non-hydrogen) atoms. The van der Waals surface area contributed by atoms with E-state index in [-0.39, 0.29) is 0 Å². The number of unbranched alkanes of at least 4 members (excludes halogenated alkanes) is 8. The minimum absolute atomic E-state index is 0.696. The Labute approximate surface area is 230 Å². The summed E-state index contributed by atoms with van der Waals surface area (Å²) in [4.78, 5) is 3.47. The van der Waals surface area contributed by atoms with Gasteiger partial charge in [-0.05, 0) is 66.0 Å². The summed E-state index contributed by atoms with van der Waals surface area (Å²) < 4.78 is 0. The summed E-state index contributed by atoms with van der Waals surface area (Å²) in [6, 6.07) is 34.7. The summed E-state index contributed by atoms with van der Waals surface area (Å²) in [7, 11) is 0. The van der Waals surface area contributed by atoms with Gasteiger partial charge in [0.15, 0.2) is 5.69 Å². The molecule has 0 bridgehead atoms. The van der Waals surface area contributed by atoms with Gasteiger partial charge in [-0.25, -0.2) is 4.85 Å². The van der Waals surface area contributed by atoms with Crippen LogP contribution in [0.15, 0.2) is 97.1 Å². The standard InChI is InChI=1S/C37H41N/c1-30-14-20-33(21-15-30)34-22-16-31(17-23-34)12-10-8-6-4-3-5-7-9-11-13-32-18-24-35(25-19-32)36-26-28-37(38-2)29-27-36/h14-29H,3-13H2,1H3. The first-order valence-corrected chi connectivity index (χ1v) is 14.4. The predicted octanol–water partition coefficient (Wildman–Crippen LogP) is 11.2. The number of aryl methyl sites for hydroxylation is 3. The summed E-state index contributed by atoms with van der Waals surface area (Å²) in [5, 5.41) is 0. The quantitative estimate of drug-likeness (QED) is 0.120. The fraction of sp³-hybridized carbons (Fsp3) is 0.324. The molecule has 1 nitrogen and oxygen atoms in total. The van der Waals surface area contributed by atoms with Crippen molar-refractivity contribution < 1.29 is 0 Å². The minimum atomic E-state index is 0.696. The maximum absolute atomic E-state index is 7.08. The predicted molar refractivity (Wildman–Crippen MR) is 164 cm³/mol. The molecule has 0 aliphatic heterocycles. The van der Waals surface area contributed by atoms with E-state index in [1.807, 2.05) is 24.3 Å². The number of hydrogen-bond donors (Lipinski definition) is 0. The topological polar surface area (TPSA) is 4.36 Å². The average Bonchev–Trinajstić information content (AvgIpc) is 2.97. The van der Waals surface area contributed by atoms with Crippen LogP contribution < -0.4 is 0 Å². The lowest BCUT2D eigenvalue weighted by atomic mass is 9.99. The zero-order valence-electron chi connectivity index (χ0n) is 23.0. The molecule has 0 atom stereocenters. The van der Waals surface area contributed by atoms with Gasteiger partial charge in [0.05, 0.1) is 6.57 Å². The van der Waals surface area contributed by atoms with Crippen LogP contribution in [0.3, 0.4) is 0 Å². The van der Waals surface area contributed by atoms with Crippen molar-refractivity contribution in [2.75, 3.05) is 0 Å². The van der Waals surface area contributed by atoms with E-state index in [0.29, 0.717) is 5.69 Å². The summed E-state index contributed by atoms with van der Waals surface area (Å²) in [5.74, 6) is 0. The first-order valence-electron chi connectivity index (χ1n) is 14.4. The highest BCUT2D eigenvalue weighted by Crippen LogP contribution is 2.24. The van der Waals surface area contributed by atoms with E-state index in [1.54, 1.807) is 0 Å². The Balaban J connectivity index is 1.01. The number of hydrogen-bond acceptors (Lipinski definition) is 0. The van der Waals surface area contributed by atoms with Crippen molar-refractivity contribution in [3.8, 4) is 22.3 Å². The Kier molecular flexibility index (Phi) is 10.8. The molecular formula is C37H41N. The van der Waals surface area contributed by atoms with Crippen molar-refractivity contribution in [2.45, 2.75) is 77.6 Å². The molecule has 0 aliphatic carbocycles. The van der Waals surface area contributed by atoms with Crippen molar-refractivity contribution in [1.29, 1.82) is 0 Å². The SMILES string of the molecule is [C-]#[N+]c1ccc(-c2ccc(CCCCCCCCCCCc3ccc(-c4ccc(C)cc4)cc3)cc2)cc1. The molecule has 1 heteroatoms. The summed E-state index contributed by atoms with van der Waals surface area (Å²) in [6.07, 6.45) is 14.5. The van der Waals surface area contributed by atoms with Gasteiger partial charge in [0.2, 0.25) is 0 Å². The average molecular weight is 500 g/mol. The van der Waals surface area contributed by atoms with E-state index in [9.17, 15) is 0 Å². The molecule has 4 aromatic rings. The molecule has 0 radical (unpaired) electrons. The molecule has 0 saturated carbocycles. The third-order valence-electron chi connectivity index (χ3n) is 7.55. The van der Waals surface area contributed by atoms with E-state index in [4.69, 9.17) is 6.57 Å². The molecular weight excluding hydrogens is 458 g/mol. The zero-order valence-corrected chi connectivity index (χ0v) is 23.0. The van der Waals surface area contributed by atoms with Crippen LogP contribution in [0.2, 0.25) is 0 Å². The second kappa shape index (κ2) is 14.9. The Morgan fingerprint density at radius 1 is 0.421 bits per heavy atom. The van der Waals surface area contributed by atoms with Gasteiger partial charge >= 0.3 is 0 Å². The van der Waals surface area contributed by atoms with E-state index < -0.39 is 0 Å². The molecule has 4 aromatic carbocycles. The third-order valence-corrected chi connectivity index (χ3v) is 7.55. The Morgan fingerprint density at radius 2 is 0.737 bits per heavy atom. The van der Waals surface area contributed by atoms with Crippen molar-refractivity contribution in [2.24, 2.45) is 0 Å². The first-order chi connectivity index (χ1) is 18.7. The highest BCUT2D eigenvalue weighted by Gasteiger charge is 2.01. The number of nitrogens with zero attached hydrogens (tertiary/aromatic N) is 1. The van der Waals surface area contributed by atoms with Crippen LogP contribution in [0.4, 0.5) is 5.69 Å². The zero-order chi connectivity index (χ0) is 26.4. The van der Waals surface area contributed by atoms with Crippen LogP contribution >= 0.6 is 0 Å². The molecule has 0 heterocycles. The van der Waals surface area contributed by atoms with Crippen LogP contribution in [-0.4, -0.2) is 0 Å². The lowest BCUT2D eigenvalue weighted by molar-refractivity contribution is 0.558. The molecule has 194 valence electrons. The minimum Gasteiger partial charge on any atom is -0.238 e. The molecule has 0 N–H and O–H groups in total. The van der Waals surface area contributed by atoms with Gasteiger partial charge in [-0.15, -0.1) is 0 Å². The Hall–Kier alpha value is -3.63. The summed E-state index contributed by atoms with van der Waals surface area (Å²) >= 11 is 0. The van der Waals surface area contributed by atoms with Crippen LogP contribution in [0.25, 0.3) is 27.1 Å². The van der Waals surface area contributed by atoms with Gasteiger partial charge in [0.1, 0.15) is 0 Å². The largest absolute Gasteiger partial charge is 0.238 e. The molecule has 0 aliphatic rings. The Morgan fingerprint density at radius 3 is 1.11 bits per heavy atom. The summed E-state index contributed by atoms with van der Waals surface area (Å²) in [6.45, 7) is 9.22. The number of benzene rings is 4. The molecule has 0 spiro atoms. The van der Waals surface area contributed by atoms with Crippen LogP contribution in [-0.2, 0) is 12.8 Å². The second-order valence-corrected chi connectivity index (χ2v) is 10.6. The van der Waals surface area contributed by atoms with E-state index >= 15 is 0 Å². The Bertz CT molecular complexity index is 1260. The third kappa shape index (κ3) is 8.74. The fourth-order valence-electron chi connectivity index (χ4n) is 5.10. The van der Waals surface area contributed by atoms with Crippen molar-refractivity contribution >= 4 is 5.69 Å². The molecule has 4 rings (SSSR count). The van der Waals surface area contributed by atoms with Crippen LogP contribution in [0.1, 0.15) is 74.5 Å². The van der Waals surface area contributed by atoms with Crippen LogP contribution in [0, 0.1) is 13.5 Å². The van der Waals surface area contributed by atoms with Gasteiger partial charge in [0.25, 0.3) is 0 Å². The molecule has 0 aromatic heterocycles. The first kappa shape index (κ1) is 27.4. The van der Waals surface area contributed by atoms with Gasteiger partial charge in [-0.3, -0.25) is 0 Å². The normalized spacial score (nSPS) is 10.8. The highest BCUT2D eigenvalue weighted by atomic mass is 14.6. The molecule has 0 unspecified atom stereocenters. The lowest BCUT2D eigenvalue weighted by Gasteiger charge is -2.06. The van der Waals surface area contributed by atoms with Gasteiger partial charge in [-0.1, -0.05) is 148 Å². The molecule has 0 fully saturated rings. The van der Waals surface area contributed by atoms with Crippen molar-refractivity contribution in [3.63, 3.8) is 0 Å². The van der Waals surface area contributed by atoms with Gasteiger partial charge in [-0.2, -0.15) is 0 Å².